The average Bonchev–Trinajstić information content (AvgIpc) is 2.61. The predicted molar refractivity (Wildman–Crippen MR) is 73.3 cm³/mol. The summed E-state index contributed by atoms with van der Waals surface area (Å²) in [6.45, 7) is 6.52. The second kappa shape index (κ2) is 7.25. The van der Waals surface area contributed by atoms with Gasteiger partial charge in [0, 0.05) is 12.8 Å². The maximum Gasteiger partial charge on any atom is 0.512 e. The van der Waals surface area contributed by atoms with Gasteiger partial charge in [-0.1, -0.05) is 6.92 Å². The van der Waals surface area contributed by atoms with Crippen molar-refractivity contribution < 1.29 is 34.5 Å². The summed E-state index contributed by atoms with van der Waals surface area (Å²) in [4.78, 5) is 0. The Morgan fingerprint density at radius 3 is 1.76 bits per heavy atom. The average molecular weight is 355 g/mol. The zero-order valence-electron chi connectivity index (χ0n) is 12.3. The molecule has 0 spiro atoms. The number of alkyl halides is 3. The van der Waals surface area contributed by atoms with Gasteiger partial charge in [0.25, 0.3) is 0 Å². The first-order valence-corrected chi connectivity index (χ1v) is 9.73. The van der Waals surface area contributed by atoms with Crippen molar-refractivity contribution in [3.05, 3.63) is 0 Å². The van der Waals surface area contributed by atoms with Crippen molar-refractivity contribution in [2.75, 3.05) is 32.9 Å². The highest BCUT2D eigenvalue weighted by molar-refractivity contribution is 8.04. The minimum Gasteiger partial charge on any atom is -0.326 e. The molecule has 0 aromatic heterocycles. The fraction of sp³-hybridized carbons (Fsp3) is 1.00. The lowest BCUT2D eigenvalue weighted by atomic mass is 10.4. The Bertz CT molecular complexity index is 523. The standard InChI is InChI=1S/C8H18N.C2H4F3NO4S2/c1-3-6-9(2)7-4-5-8-9;1-11(7,8)6-12(9,10)2(3,4)5/h3-8H2,1-2H3;6H,1H3/q+1;. The van der Waals surface area contributed by atoms with E-state index in [0.29, 0.717) is 10.4 Å². The van der Waals surface area contributed by atoms with Gasteiger partial charge in [0.05, 0.1) is 32.9 Å². The molecular formula is C10H22F3N2O4S2+. The molecule has 1 fully saturated rings. The molecule has 6 nitrogen and oxygen atoms in total. The van der Waals surface area contributed by atoms with E-state index in [0.717, 1.165) is 0 Å². The molecule has 1 N–H and O–H groups in total. The van der Waals surface area contributed by atoms with E-state index in [1.54, 1.807) is 0 Å². The molecule has 21 heavy (non-hydrogen) atoms. The molecule has 1 rings (SSSR count). The number of quaternary nitrogens is 1. The van der Waals surface area contributed by atoms with Crippen molar-refractivity contribution in [1.82, 2.24) is 4.13 Å². The van der Waals surface area contributed by atoms with Crippen molar-refractivity contribution in [2.45, 2.75) is 31.7 Å². The molecule has 1 aliphatic rings. The Balaban J connectivity index is 0.000000394. The summed E-state index contributed by atoms with van der Waals surface area (Å²) in [5.74, 6) is 0. The van der Waals surface area contributed by atoms with Gasteiger partial charge in [-0.05, 0) is 6.42 Å². The first-order valence-electron chi connectivity index (χ1n) is 6.36. The topological polar surface area (TPSA) is 80.3 Å². The molecule has 0 bridgehead atoms. The smallest absolute Gasteiger partial charge is 0.326 e. The van der Waals surface area contributed by atoms with Crippen LogP contribution in [0.25, 0.3) is 0 Å². The van der Waals surface area contributed by atoms with Crippen LogP contribution in [0.15, 0.2) is 0 Å². The third-order valence-corrected chi connectivity index (χ3v) is 5.67. The second-order valence-corrected chi connectivity index (χ2v) is 8.98. The van der Waals surface area contributed by atoms with Crippen molar-refractivity contribution in [1.29, 1.82) is 0 Å². The molecule has 0 aromatic carbocycles. The number of hydrogen-bond donors (Lipinski definition) is 1. The van der Waals surface area contributed by atoms with Gasteiger partial charge < -0.3 is 4.48 Å². The summed E-state index contributed by atoms with van der Waals surface area (Å²) in [6, 6.07) is 0. The van der Waals surface area contributed by atoms with Gasteiger partial charge in [-0.25, -0.2) is 16.8 Å². The molecule has 1 aliphatic heterocycles. The first-order chi connectivity index (χ1) is 9.22. The Kier molecular flexibility index (Phi) is 7.11. The Labute approximate surface area is 124 Å². The van der Waals surface area contributed by atoms with E-state index in [-0.39, 0.29) is 0 Å². The van der Waals surface area contributed by atoms with Crippen molar-refractivity contribution in [2.24, 2.45) is 0 Å². The van der Waals surface area contributed by atoms with E-state index in [1.807, 2.05) is 0 Å². The maximum atomic E-state index is 11.4. The van der Waals surface area contributed by atoms with Crippen LogP contribution in [-0.2, 0) is 20.0 Å². The van der Waals surface area contributed by atoms with Gasteiger partial charge in [-0.2, -0.15) is 13.2 Å². The maximum absolute atomic E-state index is 11.4. The lowest BCUT2D eigenvalue weighted by Crippen LogP contribution is -2.41. The minimum absolute atomic E-state index is 0.302. The third-order valence-electron chi connectivity index (χ3n) is 2.98. The molecule has 0 radical (unpaired) electrons. The zero-order valence-corrected chi connectivity index (χ0v) is 13.9. The van der Waals surface area contributed by atoms with Crippen molar-refractivity contribution in [3.63, 3.8) is 0 Å². The van der Waals surface area contributed by atoms with Crippen LogP contribution in [0, 0.1) is 0 Å². The fourth-order valence-electron chi connectivity index (χ4n) is 2.11. The molecule has 11 heteroatoms. The molecule has 128 valence electrons. The summed E-state index contributed by atoms with van der Waals surface area (Å²) >= 11 is 0. The van der Waals surface area contributed by atoms with Gasteiger partial charge in [0.15, 0.2) is 0 Å². The Hall–Kier alpha value is -0.390. The van der Waals surface area contributed by atoms with E-state index in [2.05, 4.69) is 14.0 Å². The highest BCUT2D eigenvalue weighted by Gasteiger charge is 2.47. The third kappa shape index (κ3) is 7.98. The van der Waals surface area contributed by atoms with Crippen LogP contribution in [0.4, 0.5) is 13.2 Å². The van der Waals surface area contributed by atoms with Gasteiger partial charge in [-0.15, -0.1) is 4.13 Å². The van der Waals surface area contributed by atoms with Crippen LogP contribution >= 0.6 is 0 Å². The van der Waals surface area contributed by atoms with Crippen molar-refractivity contribution >= 4 is 20.0 Å². The molecule has 0 aromatic rings. The van der Waals surface area contributed by atoms with Crippen LogP contribution in [0.5, 0.6) is 0 Å². The lowest BCUT2D eigenvalue weighted by Gasteiger charge is -2.28. The summed E-state index contributed by atoms with van der Waals surface area (Å²) < 4.78 is 76.5. The van der Waals surface area contributed by atoms with Crippen LogP contribution in [0.3, 0.4) is 0 Å². The molecule has 1 heterocycles. The van der Waals surface area contributed by atoms with Crippen molar-refractivity contribution in [3.8, 4) is 0 Å². The van der Waals surface area contributed by atoms with Crippen LogP contribution < -0.4 is 4.13 Å². The number of halogens is 3. The first kappa shape index (κ1) is 20.6. The van der Waals surface area contributed by atoms with E-state index in [9.17, 15) is 30.0 Å². The molecule has 0 unspecified atom stereocenters. The van der Waals surface area contributed by atoms with Crippen LogP contribution in [0.1, 0.15) is 26.2 Å². The zero-order chi connectivity index (χ0) is 16.9. The lowest BCUT2D eigenvalue weighted by molar-refractivity contribution is -0.897. The highest BCUT2D eigenvalue weighted by Crippen LogP contribution is 2.21. The van der Waals surface area contributed by atoms with E-state index < -0.39 is 25.6 Å². The van der Waals surface area contributed by atoms with E-state index in [4.69, 9.17) is 0 Å². The Morgan fingerprint density at radius 1 is 1.10 bits per heavy atom. The van der Waals surface area contributed by atoms with Crippen LogP contribution in [0.2, 0.25) is 0 Å². The SMILES string of the molecule is CCC[N+]1(C)CCCC1.CS(=O)(=O)NS(=O)(=O)C(F)(F)F. The number of rotatable bonds is 4. The molecule has 0 aliphatic carbocycles. The molecular weight excluding hydrogens is 333 g/mol. The number of nitrogens with zero attached hydrogens (tertiary/aromatic N) is 1. The van der Waals surface area contributed by atoms with Gasteiger partial charge in [0.2, 0.25) is 10.0 Å². The van der Waals surface area contributed by atoms with Gasteiger partial charge >= 0.3 is 15.5 Å². The second-order valence-electron chi connectivity index (χ2n) is 5.30. The van der Waals surface area contributed by atoms with Gasteiger partial charge in [0.1, 0.15) is 0 Å². The van der Waals surface area contributed by atoms with E-state index in [1.165, 1.54) is 43.4 Å². The van der Waals surface area contributed by atoms with Crippen LogP contribution in [-0.4, -0.2) is 59.8 Å². The number of nitrogens with one attached hydrogen (secondary N) is 1. The summed E-state index contributed by atoms with van der Waals surface area (Å²) in [6.07, 6.45) is 4.56. The minimum atomic E-state index is -5.79. The highest BCUT2D eigenvalue weighted by atomic mass is 32.3. The molecule has 0 amide bonds. The van der Waals surface area contributed by atoms with Gasteiger partial charge in [-0.3, -0.25) is 0 Å². The predicted octanol–water partition coefficient (Wildman–Crippen LogP) is 1.02. The quantitative estimate of drug-likeness (QED) is 0.764. The molecule has 0 saturated carbocycles. The fourth-order valence-corrected chi connectivity index (χ4v) is 4.08. The number of hydrogen-bond acceptors (Lipinski definition) is 4. The molecule has 0 atom stereocenters. The number of likely N-dealkylation sites (tertiary alicyclic amines) is 1. The largest absolute Gasteiger partial charge is 0.512 e. The summed E-state index contributed by atoms with van der Waals surface area (Å²) in [5.41, 5.74) is -5.62. The normalized spacial score (nSPS) is 19.0. The Morgan fingerprint density at radius 2 is 1.52 bits per heavy atom. The van der Waals surface area contributed by atoms with E-state index >= 15 is 0 Å². The summed E-state index contributed by atoms with van der Waals surface area (Å²) in [7, 11) is -7.83. The molecule has 1 saturated heterocycles. The summed E-state index contributed by atoms with van der Waals surface area (Å²) in [5, 5.41) is 0. The monoisotopic (exact) mass is 355 g/mol. The number of sulfonamides is 2.